The molecule has 1 rings (SSSR count). The Bertz CT molecular complexity index is 247. The average molecular weight is 230 g/mol. The van der Waals surface area contributed by atoms with E-state index in [-0.39, 0.29) is 11.9 Å². The smallest absolute Gasteiger partial charge is 0.260 e. The first-order valence-electron chi connectivity index (χ1n) is 6.09. The maximum absolute atomic E-state index is 14.5. The average Bonchev–Trinajstić information content (AvgIpc) is 2.28. The Hall–Kier alpha value is -0.640. The second kappa shape index (κ2) is 5.13. The first-order chi connectivity index (χ1) is 7.40. The van der Waals surface area contributed by atoms with Crippen molar-refractivity contribution in [2.75, 3.05) is 26.7 Å². The van der Waals surface area contributed by atoms with Crippen molar-refractivity contribution in [3.05, 3.63) is 0 Å². The number of amides is 1. The number of carbonyl (C=O) groups is 1. The summed E-state index contributed by atoms with van der Waals surface area (Å²) in [6, 6.07) is 0.0596. The number of carbonyl (C=O) groups excluding carboxylic acids is 1. The summed E-state index contributed by atoms with van der Waals surface area (Å²) in [6.07, 6.45) is 0.660. The second-order valence-electron chi connectivity index (χ2n) is 4.91. The molecular weight excluding hydrogens is 207 g/mol. The van der Waals surface area contributed by atoms with Gasteiger partial charge in [-0.25, -0.2) is 4.39 Å². The van der Waals surface area contributed by atoms with Crippen LogP contribution >= 0.6 is 0 Å². The molecule has 1 amide bonds. The van der Waals surface area contributed by atoms with Crippen molar-refractivity contribution in [1.82, 2.24) is 9.80 Å². The van der Waals surface area contributed by atoms with E-state index in [1.54, 1.807) is 7.05 Å². The summed E-state index contributed by atoms with van der Waals surface area (Å²) < 4.78 is 14.5. The number of halogens is 1. The summed E-state index contributed by atoms with van der Waals surface area (Å²) in [6.45, 7) is 8.18. The molecule has 3 nitrogen and oxygen atoms in total. The first-order valence-corrected chi connectivity index (χ1v) is 6.09. The minimum Gasteiger partial charge on any atom is -0.341 e. The van der Waals surface area contributed by atoms with Gasteiger partial charge in [-0.2, -0.15) is 0 Å². The van der Waals surface area contributed by atoms with Crippen molar-refractivity contribution < 1.29 is 9.18 Å². The molecule has 0 saturated carbocycles. The highest BCUT2D eigenvalue weighted by molar-refractivity contribution is 5.85. The van der Waals surface area contributed by atoms with Gasteiger partial charge in [-0.15, -0.1) is 0 Å². The van der Waals surface area contributed by atoms with Gasteiger partial charge in [-0.3, -0.25) is 4.79 Å². The molecule has 1 saturated heterocycles. The molecule has 4 heteroatoms. The Morgan fingerprint density at radius 3 is 2.31 bits per heavy atom. The Kier molecular flexibility index (Phi) is 4.30. The highest BCUT2D eigenvalue weighted by atomic mass is 19.1. The van der Waals surface area contributed by atoms with E-state index < -0.39 is 5.67 Å². The van der Waals surface area contributed by atoms with Crippen LogP contribution in [0.5, 0.6) is 0 Å². The van der Waals surface area contributed by atoms with E-state index in [1.807, 2.05) is 13.8 Å². The highest BCUT2D eigenvalue weighted by Gasteiger charge is 2.43. The zero-order chi connectivity index (χ0) is 12.3. The second-order valence-corrected chi connectivity index (χ2v) is 4.91. The number of hydrogen-bond donors (Lipinski definition) is 0. The van der Waals surface area contributed by atoms with E-state index in [9.17, 15) is 9.18 Å². The normalized spacial score (nSPS) is 21.1. The quantitative estimate of drug-likeness (QED) is 0.736. The van der Waals surface area contributed by atoms with Crippen LogP contribution in [0.1, 0.15) is 33.6 Å². The third kappa shape index (κ3) is 2.73. The molecule has 0 spiro atoms. The molecule has 0 radical (unpaired) electrons. The summed E-state index contributed by atoms with van der Waals surface area (Å²) in [5.74, 6) is -0.349. The van der Waals surface area contributed by atoms with Gasteiger partial charge in [0.2, 0.25) is 0 Å². The minimum atomic E-state index is -1.63. The van der Waals surface area contributed by atoms with Crippen molar-refractivity contribution in [2.24, 2.45) is 0 Å². The molecule has 16 heavy (non-hydrogen) atoms. The number of nitrogens with zero attached hydrogens (tertiary/aromatic N) is 2. The SMILES string of the molecule is CCN1CCC(F)(C(=O)N(C)C(C)C)CC1. The molecule has 0 aromatic heterocycles. The molecule has 0 aliphatic carbocycles. The molecule has 0 bridgehead atoms. The zero-order valence-corrected chi connectivity index (χ0v) is 10.8. The molecule has 0 aromatic carbocycles. The Morgan fingerprint density at radius 1 is 1.44 bits per heavy atom. The summed E-state index contributed by atoms with van der Waals surface area (Å²) in [4.78, 5) is 15.7. The van der Waals surface area contributed by atoms with Crippen LogP contribution in [-0.4, -0.2) is 54.1 Å². The standard InChI is InChI=1S/C12H23FN2O/c1-5-15-8-6-12(13,7-9-15)11(16)14(4)10(2)3/h10H,5-9H2,1-4H3. The largest absolute Gasteiger partial charge is 0.341 e. The lowest BCUT2D eigenvalue weighted by Crippen LogP contribution is -2.52. The predicted octanol–water partition coefficient (Wildman–Crippen LogP) is 1.68. The van der Waals surface area contributed by atoms with Gasteiger partial charge in [-0.1, -0.05) is 6.92 Å². The molecular formula is C12H23FN2O. The summed E-state index contributed by atoms with van der Waals surface area (Å²) in [7, 11) is 1.68. The Labute approximate surface area is 97.6 Å². The molecule has 1 aliphatic rings. The number of piperidine rings is 1. The minimum absolute atomic E-state index is 0.0596. The Balaban J connectivity index is 2.62. The van der Waals surface area contributed by atoms with E-state index in [4.69, 9.17) is 0 Å². The molecule has 0 aromatic rings. The molecule has 0 N–H and O–H groups in total. The van der Waals surface area contributed by atoms with Crippen LogP contribution in [-0.2, 0) is 4.79 Å². The van der Waals surface area contributed by atoms with Crippen LogP contribution in [0, 0.1) is 0 Å². The predicted molar refractivity (Wildman–Crippen MR) is 63.1 cm³/mol. The maximum Gasteiger partial charge on any atom is 0.260 e. The summed E-state index contributed by atoms with van der Waals surface area (Å²) in [5, 5.41) is 0. The topological polar surface area (TPSA) is 23.6 Å². The van der Waals surface area contributed by atoms with Gasteiger partial charge in [0.25, 0.3) is 5.91 Å². The van der Waals surface area contributed by atoms with E-state index in [1.165, 1.54) is 4.90 Å². The lowest BCUT2D eigenvalue weighted by atomic mass is 9.91. The van der Waals surface area contributed by atoms with Gasteiger partial charge < -0.3 is 9.80 Å². The fraction of sp³-hybridized carbons (Fsp3) is 0.917. The fourth-order valence-corrected chi connectivity index (χ4v) is 1.99. The van der Waals surface area contributed by atoms with Crippen molar-refractivity contribution >= 4 is 5.91 Å². The van der Waals surface area contributed by atoms with E-state index in [2.05, 4.69) is 11.8 Å². The summed E-state index contributed by atoms with van der Waals surface area (Å²) >= 11 is 0. The van der Waals surface area contributed by atoms with Crippen molar-refractivity contribution in [2.45, 2.75) is 45.3 Å². The van der Waals surface area contributed by atoms with Crippen molar-refractivity contribution in [3.8, 4) is 0 Å². The van der Waals surface area contributed by atoms with E-state index >= 15 is 0 Å². The molecule has 1 fully saturated rings. The molecule has 0 unspecified atom stereocenters. The van der Waals surface area contributed by atoms with Crippen molar-refractivity contribution in [3.63, 3.8) is 0 Å². The lowest BCUT2D eigenvalue weighted by molar-refractivity contribution is -0.147. The van der Waals surface area contributed by atoms with Gasteiger partial charge in [0, 0.05) is 39.0 Å². The van der Waals surface area contributed by atoms with Gasteiger partial charge in [0.05, 0.1) is 0 Å². The first kappa shape index (κ1) is 13.4. The van der Waals surface area contributed by atoms with E-state index in [0.717, 1.165) is 6.54 Å². The Morgan fingerprint density at radius 2 is 1.94 bits per heavy atom. The monoisotopic (exact) mass is 230 g/mol. The maximum atomic E-state index is 14.5. The third-order valence-electron chi connectivity index (χ3n) is 3.57. The van der Waals surface area contributed by atoms with E-state index in [0.29, 0.717) is 25.9 Å². The molecule has 0 atom stereocenters. The number of hydrogen-bond acceptors (Lipinski definition) is 2. The van der Waals surface area contributed by atoms with Crippen LogP contribution < -0.4 is 0 Å². The van der Waals surface area contributed by atoms with Crippen molar-refractivity contribution in [1.29, 1.82) is 0 Å². The van der Waals surface area contributed by atoms with Crippen LogP contribution in [0.4, 0.5) is 4.39 Å². The third-order valence-corrected chi connectivity index (χ3v) is 3.57. The molecule has 94 valence electrons. The fourth-order valence-electron chi connectivity index (χ4n) is 1.99. The van der Waals surface area contributed by atoms with Gasteiger partial charge >= 0.3 is 0 Å². The number of likely N-dealkylation sites (tertiary alicyclic amines) is 1. The number of rotatable bonds is 3. The van der Waals surface area contributed by atoms with Crippen LogP contribution in [0.2, 0.25) is 0 Å². The lowest BCUT2D eigenvalue weighted by Gasteiger charge is -2.37. The zero-order valence-electron chi connectivity index (χ0n) is 10.8. The molecule has 1 heterocycles. The summed E-state index contributed by atoms with van der Waals surface area (Å²) in [5.41, 5.74) is -1.63. The van der Waals surface area contributed by atoms with Crippen LogP contribution in [0.25, 0.3) is 0 Å². The number of alkyl halides is 1. The van der Waals surface area contributed by atoms with Gasteiger partial charge in [0.1, 0.15) is 0 Å². The highest BCUT2D eigenvalue weighted by Crippen LogP contribution is 2.28. The van der Waals surface area contributed by atoms with Gasteiger partial charge in [0.15, 0.2) is 5.67 Å². The van der Waals surface area contributed by atoms with Gasteiger partial charge in [-0.05, 0) is 20.4 Å². The van der Waals surface area contributed by atoms with Crippen LogP contribution in [0.15, 0.2) is 0 Å². The molecule has 1 aliphatic heterocycles. The van der Waals surface area contributed by atoms with Crippen LogP contribution in [0.3, 0.4) is 0 Å².